The summed E-state index contributed by atoms with van der Waals surface area (Å²) in [5.41, 5.74) is 0.787. The van der Waals surface area contributed by atoms with E-state index in [0.717, 1.165) is 12.0 Å². The molecule has 5 heteroatoms. The van der Waals surface area contributed by atoms with Crippen LogP contribution in [0.1, 0.15) is 31.6 Å². The number of aromatic hydroxyl groups is 1. The summed E-state index contributed by atoms with van der Waals surface area (Å²) in [5.74, 6) is 2.12. The number of nitrogens with zero attached hydrogens (tertiary/aromatic N) is 2. The predicted octanol–water partition coefficient (Wildman–Crippen LogP) is 2.52. The van der Waals surface area contributed by atoms with E-state index in [1.807, 2.05) is 6.07 Å². The van der Waals surface area contributed by atoms with Crippen LogP contribution in [0.25, 0.3) is 11.4 Å². The van der Waals surface area contributed by atoms with Gasteiger partial charge in [0.2, 0.25) is 11.7 Å². The van der Waals surface area contributed by atoms with Crippen LogP contribution in [0, 0.1) is 5.92 Å². The van der Waals surface area contributed by atoms with Crippen LogP contribution in [-0.2, 0) is 6.42 Å². The molecule has 2 N–H and O–H groups in total. The summed E-state index contributed by atoms with van der Waals surface area (Å²) in [5, 5.41) is 17.2. The Labute approximate surface area is 123 Å². The highest BCUT2D eigenvalue weighted by atomic mass is 16.5. The Balaban J connectivity index is 1.47. The van der Waals surface area contributed by atoms with Crippen LogP contribution in [0.3, 0.4) is 0 Å². The number of piperidine rings is 1. The third-order valence-corrected chi connectivity index (χ3v) is 4.61. The van der Waals surface area contributed by atoms with Gasteiger partial charge in [-0.3, -0.25) is 0 Å². The van der Waals surface area contributed by atoms with Crippen molar-refractivity contribution in [2.75, 3.05) is 0 Å². The summed E-state index contributed by atoms with van der Waals surface area (Å²) in [6.07, 6.45) is 5.89. The molecule has 0 aliphatic carbocycles. The Morgan fingerprint density at radius 2 is 2.05 bits per heavy atom. The lowest BCUT2D eigenvalue weighted by atomic mass is 9.90. The number of benzene rings is 1. The second-order valence-corrected chi connectivity index (χ2v) is 6.24. The molecule has 2 aliphatic heterocycles. The lowest BCUT2D eigenvalue weighted by Crippen LogP contribution is -2.38. The number of nitrogens with one attached hydrogen (secondary N) is 1. The highest BCUT2D eigenvalue weighted by Crippen LogP contribution is 2.32. The number of rotatable bonds is 3. The quantitative estimate of drug-likeness (QED) is 0.906. The maximum absolute atomic E-state index is 9.51. The van der Waals surface area contributed by atoms with Gasteiger partial charge in [-0.1, -0.05) is 17.3 Å². The minimum Gasteiger partial charge on any atom is -0.508 e. The molecule has 0 amide bonds. The van der Waals surface area contributed by atoms with E-state index >= 15 is 0 Å². The lowest BCUT2D eigenvalue weighted by Gasteiger charge is -2.27. The summed E-state index contributed by atoms with van der Waals surface area (Å²) in [6, 6.07) is 8.31. The largest absolute Gasteiger partial charge is 0.508 e. The Bertz CT molecular complexity index is 628. The van der Waals surface area contributed by atoms with Crippen LogP contribution >= 0.6 is 0 Å². The highest BCUT2D eigenvalue weighted by molar-refractivity contribution is 5.56. The van der Waals surface area contributed by atoms with Crippen molar-refractivity contribution in [1.29, 1.82) is 0 Å². The minimum absolute atomic E-state index is 0.216. The van der Waals surface area contributed by atoms with Crippen LogP contribution in [0.5, 0.6) is 5.75 Å². The van der Waals surface area contributed by atoms with Crippen molar-refractivity contribution < 1.29 is 9.63 Å². The van der Waals surface area contributed by atoms with E-state index in [2.05, 4.69) is 15.5 Å². The maximum Gasteiger partial charge on any atom is 0.227 e. The van der Waals surface area contributed by atoms with E-state index < -0.39 is 0 Å². The van der Waals surface area contributed by atoms with Crippen LogP contribution in [-0.4, -0.2) is 27.3 Å². The van der Waals surface area contributed by atoms with Gasteiger partial charge in [-0.2, -0.15) is 4.98 Å². The summed E-state index contributed by atoms with van der Waals surface area (Å²) >= 11 is 0. The van der Waals surface area contributed by atoms with Crippen molar-refractivity contribution in [1.82, 2.24) is 15.5 Å². The van der Waals surface area contributed by atoms with Crippen molar-refractivity contribution in [2.24, 2.45) is 5.92 Å². The number of hydrogen-bond donors (Lipinski definition) is 2. The van der Waals surface area contributed by atoms with Crippen molar-refractivity contribution in [3.63, 3.8) is 0 Å². The van der Waals surface area contributed by atoms with E-state index in [-0.39, 0.29) is 5.75 Å². The first kappa shape index (κ1) is 12.8. The molecule has 2 unspecified atom stereocenters. The lowest BCUT2D eigenvalue weighted by molar-refractivity contribution is 0.270. The zero-order chi connectivity index (χ0) is 14.2. The number of aromatic nitrogens is 2. The molecule has 2 bridgehead atoms. The van der Waals surface area contributed by atoms with Crippen LogP contribution < -0.4 is 5.32 Å². The fourth-order valence-corrected chi connectivity index (χ4v) is 3.69. The number of phenolic OH excluding ortho intramolecular Hbond substituents is 1. The molecule has 1 aromatic carbocycles. The molecular formula is C16H19N3O2. The highest BCUT2D eigenvalue weighted by Gasteiger charge is 2.34. The molecule has 1 aromatic heterocycles. The van der Waals surface area contributed by atoms with Gasteiger partial charge in [-0.25, -0.2) is 0 Å². The van der Waals surface area contributed by atoms with Crippen LogP contribution in [0.4, 0.5) is 0 Å². The monoisotopic (exact) mass is 285 g/mol. The molecule has 4 rings (SSSR count). The molecule has 2 saturated heterocycles. The van der Waals surface area contributed by atoms with Gasteiger partial charge >= 0.3 is 0 Å². The molecule has 21 heavy (non-hydrogen) atoms. The van der Waals surface area contributed by atoms with Crippen molar-refractivity contribution >= 4 is 0 Å². The third-order valence-electron chi connectivity index (χ3n) is 4.61. The van der Waals surface area contributed by atoms with Gasteiger partial charge in [0, 0.05) is 24.1 Å². The number of phenols is 1. The first-order valence-electron chi connectivity index (χ1n) is 7.64. The van der Waals surface area contributed by atoms with E-state index in [4.69, 9.17) is 4.52 Å². The molecule has 2 aromatic rings. The molecule has 110 valence electrons. The fourth-order valence-electron chi connectivity index (χ4n) is 3.69. The summed E-state index contributed by atoms with van der Waals surface area (Å²) in [6.45, 7) is 0. The molecule has 3 heterocycles. The molecule has 2 atom stereocenters. The maximum atomic E-state index is 9.51. The standard InChI is InChI=1S/C16H19N3O2/c20-14-3-1-2-11(9-14)16-18-15(21-19-16)8-10-6-12-4-5-13(7-10)17-12/h1-3,9-10,12-13,17,20H,4-8H2. The molecule has 2 fully saturated rings. The summed E-state index contributed by atoms with van der Waals surface area (Å²) in [7, 11) is 0. The average molecular weight is 285 g/mol. The molecule has 0 saturated carbocycles. The van der Waals surface area contributed by atoms with Crippen LogP contribution in [0.15, 0.2) is 28.8 Å². The van der Waals surface area contributed by atoms with E-state index in [1.54, 1.807) is 18.2 Å². The predicted molar refractivity (Wildman–Crippen MR) is 77.8 cm³/mol. The van der Waals surface area contributed by atoms with E-state index in [9.17, 15) is 5.11 Å². The molecule has 0 radical (unpaired) electrons. The second-order valence-electron chi connectivity index (χ2n) is 6.24. The number of hydrogen-bond acceptors (Lipinski definition) is 5. The van der Waals surface area contributed by atoms with Gasteiger partial charge in [-0.15, -0.1) is 0 Å². The van der Waals surface area contributed by atoms with Crippen molar-refractivity contribution in [3.8, 4) is 17.1 Å². The smallest absolute Gasteiger partial charge is 0.227 e. The molecule has 2 aliphatic rings. The first-order valence-corrected chi connectivity index (χ1v) is 7.64. The first-order chi connectivity index (χ1) is 10.3. The summed E-state index contributed by atoms with van der Waals surface area (Å²) in [4.78, 5) is 4.48. The normalized spacial score (nSPS) is 27.9. The van der Waals surface area contributed by atoms with Gasteiger partial charge in [0.25, 0.3) is 0 Å². The third kappa shape index (κ3) is 2.65. The second kappa shape index (κ2) is 5.15. The summed E-state index contributed by atoms with van der Waals surface area (Å²) < 4.78 is 5.39. The van der Waals surface area contributed by atoms with Crippen molar-refractivity contribution in [3.05, 3.63) is 30.2 Å². The van der Waals surface area contributed by atoms with Gasteiger partial charge in [0.15, 0.2) is 0 Å². The van der Waals surface area contributed by atoms with Crippen molar-refractivity contribution in [2.45, 2.75) is 44.2 Å². The zero-order valence-corrected chi connectivity index (χ0v) is 11.8. The Hall–Kier alpha value is -1.88. The zero-order valence-electron chi connectivity index (χ0n) is 11.8. The molecule has 5 nitrogen and oxygen atoms in total. The number of fused-ring (bicyclic) bond motifs is 2. The Morgan fingerprint density at radius 3 is 2.81 bits per heavy atom. The van der Waals surface area contributed by atoms with E-state index in [1.165, 1.54) is 25.7 Å². The molecular weight excluding hydrogens is 266 g/mol. The average Bonchev–Trinajstić information content (AvgIpc) is 3.06. The van der Waals surface area contributed by atoms with Gasteiger partial charge < -0.3 is 14.9 Å². The van der Waals surface area contributed by atoms with Gasteiger partial charge in [0.05, 0.1) is 0 Å². The Morgan fingerprint density at radius 1 is 1.24 bits per heavy atom. The SMILES string of the molecule is Oc1cccc(-c2noc(CC3CC4CCC(C3)N4)n2)c1. The fraction of sp³-hybridized carbons (Fsp3) is 0.500. The van der Waals surface area contributed by atoms with Gasteiger partial charge in [0.1, 0.15) is 5.75 Å². The Kier molecular flexibility index (Phi) is 3.15. The topological polar surface area (TPSA) is 71.2 Å². The van der Waals surface area contributed by atoms with Gasteiger partial charge in [-0.05, 0) is 43.7 Å². The van der Waals surface area contributed by atoms with Crippen LogP contribution in [0.2, 0.25) is 0 Å². The molecule has 0 spiro atoms. The minimum atomic E-state index is 0.216. The van der Waals surface area contributed by atoms with E-state index in [0.29, 0.717) is 29.7 Å².